The van der Waals surface area contributed by atoms with Gasteiger partial charge in [0.05, 0.1) is 12.7 Å². The zero-order valence-electron chi connectivity index (χ0n) is 8.29. The number of hydrogen-bond donors (Lipinski definition) is 2. The molecule has 0 heterocycles. The van der Waals surface area contributed by atoms with Gasteiger partial charge in [0.15, 0.2) is 0 Å². The topological polar surface area (TPSA) is 70.0 Å². The minimum absolute atomic E-state index is 0.211. The zero-order valence-corrected chi connectivity index (χ0v) is 9.10. The van der Waals surface area contributed by atoms with Gasteiger partial charge in [0.2, 0.25) is 0 Å². The molecule has 0 aliphatic heterocycles. The summed E-state index contributed by atoms with van der Waals surface area (Å²) in [6.07, 6.45) is 1.64. The summed E-state index contributed by atoms with van der Waals surface area (Å²) in [6, 6.07) is 2.06. The first-order chi connectivity index (χ1) is 6.02. The Labute approximate surface area is 84.3 Å². The molecule has 0 spiro atoms. The molecule has 2 unspecified atom stereocenters. The Morgan fingerprint density at radius 3 is 2.77 bits per heavy atom. The number of hydrogen-bond acceptors (Lipinski definition) is 4. The fourth-order valence-corrected chi connectivity index (χ4v) is 1.65. The van der Waals surface area contributed by atoms with Crippen LogP contribution in [0.25, 0.3) is 0 Å². The zero-order chi connectivity index (χ0) is 10.3. The van der Waals surface area contributed by atoms with E-state index in [1.54, 1.807) is 18.7 Å². The van der Waals surface area contributed by atoms with E-state index in [9.17, 15) is 0 Å². The molecule has 3 N–H and O–H groups in total. The van der Waals surface area contributed by atoms with Gasteiger partial charge in [-0.25, -0.2) is 0 Å². The lowest BCUT2D eigenvalue weighted by atomic mass is 10.0. The molecule has 0 bridgehead atoms. The molecule has 0 saturated heterocycles. The minimum atomic E-state index is -0.691. The predicted molar refractivity (Wildman–Crippen MR) is 56.4 cm³/mol. The SMILES string of the molecule is CC(CO)SCCCC(C)(N)C#N. The molecule has 0 rings (SSSR count). The van der Waals surface area contributed by atoms with Crippen LogP contribution in [0.4, 0.5) is 0 Å². The second kappa shape index (κ2) is 6.25. The van der Waals surface area contributed by atoms with Crippen molar-refractivity contribution in [3.8, 4) is 6.07 Å². The van der Waals surface area contributed by atoms with Crippen LogP contribution in [0.5, 0.6) is 0 Å². The van der Waals surface area contributed by atoms with Crippen LogP contribution < -0.4 is 5.73 Å². The molecule has 76 valence electrons. The lowest BCUT2D eigenvalue weighted by Crippen LogP contribution is -2.33. The Bertz CT molecular complexity index is 177. The molecular weight excluding hydrogens is 184 g/mol. The van der Waals surface area contributed by atoms with Gasteiger partial charge in [0, 0.05) is 5.25 Å². The van der Waals surface area contributed by atoms with Crippen molar-refractivity contribution in [3.63, 3.8) is 0 Å². The van der Waals surface area contributed by atoms with Gasteiger partial charge in [-0.2, -0.15) is 17.0 Å². The third-order valence-electron chi connectivity index (χ3n) is 1.76. The van der Waals surface area contributed by atoms with Crippen LogP contribution in [-0.4, -0.2) is 28.3 Å². The van der Waals surface area contributed by atoms with Crippen molar-refractivity contribution in [3.05, 3.63) is 0 Å². The fourth-order valence-electron chi connectivity index (χ4n) is 0.833. The monoisotopic (exact) mass is 202 g/mol. The van der Waals surface area contributed by atoms with Crippen LogP contribution >= 0.6 is 11.8 Å². The number of thioether (sulfide) groups is 1. The van der Waals surface area contributed by atoms with Gasteiger partial charge in [-0.3, -0.25) is 0 Å². The molecule has 0 radical (unpaired) electrons. The van der Waals surface area contributed by atoms with Crippen molar-refractivity contribution >= 4 is 11.8 Å². The van der Waals surface area contributed by atoms with Crippen LogP contribution in [0.15, 0.2) is 0 Å². The van der Waals surface area contributed by atoms with Crippen molar-refractivity contribution in [1.29, 1.82) is 5.26 Å². The van der Waals surface area contributed by atoms with Gasteiger partial charge < -0.3 is 10.8 Å². The van der Waals surface area contributed by atoms with Gasteiger partial charge in [0.25, 0.3) is 0 Å². The summed E-state index contributed by atoms with van der Waals surface area (Å²) >= 11 is 1.71. The van der Waals surface area contributed by atoms with Crippen molar-refractivity contribution < 1.29 is 5.11 Å². The first kappa shape index (κ1) is 12.8. The average molecular weight is 202 g/mol. The molecule has 0 aromatic rings. The maximum Gasteiger partial charge on any atom is 0.101 e. The molecule has 0 fully saturated rings. The molecule has 0 saturated carbocycles. The molecule has 4 heteroatoms. The molecule has 2 atom stereocenters. The van der Waals surface area contributed by atoms with Gasteiger partial charge >= 0.3 is 0 Å². The Hall–Kier alpha value is -0.240. The van der Waals surface area contributed by atoms with E-state index >= 15 is 0 Å². The molecule has 0 aliphatic carbocycles. The Kier molecular flexibility index (Phi) is 6.13. The second-order valence-electron chi connectivity index (χ2n) is 3.50. The second-order valence-corrected chi connectivity index (χ2v) is 5.04. The molecule has 0 aromatic heterocycles. The highest BCUT2D eigenvalue weighted by Crippen LogP contribution is 2.15. The van der Waals surface area contributed by atoms with Crippen molar-refractivity contribution in [2.24, 2.45) is 5.73 Å². The van der Waals surface area contributed by atoms with Crippen LogP contribution in [-0.2, 0) is 0 Å². The van der Waals surface area contributed by atoms with E-state index in [0.717, 1.165) is 12.2 Å². The van der Waals surface area contributed by atoms with E-state index in [1.165, 1.54) is 0 Å². The fraction of sp³-hybridized carbons (Fsp3) is 0.889. The maximum atomic E-state index is 8.74. The van der Waals surface area contributed by atoms with Crippen molar-refractivity contribution in [2.75, 3.05) is 12.4 Å². The number of nitrogens with zero attached hydrogens (tertiary/aromatic N) is 1. The van der Waals surface area contributed by atoms with E-state index in [4.69, 9.17) is 16.1 Å². The summed E-state index contributed by atoms with van der Waals surface area (Å²) in [5.74, 6) is 0.955. The van der Waals surface area contributed by atoms with Gasteiger partial charge in [-0.05, 0) is 25.5 Å². The molecule has 3 nitrogen and oxygen atoms in total. The van der Waals surface area contributed by atoms with E-state index in [0.29, 0.717) is 6.42 Å². The van der Waals surface area contributed by atoms with Gasteiger partial charge in [-0.15, -0.1) is 0 Å². The Balaban J connectivity index is 3.42. The third kappa shape index (κ3) is 6.88. The van der Waals surface area contributed by atoms with Gasteiger partial charge in [0.1, 0.15) is 5.54 Å². The standard InChI is InChI=1S/C9H18N2OS/c1-8(6-12)13-5-3-4-9(2,11)7-10/h8,12H,3-6,11H2,1-2H3. The Morgan fingerprint density at radius 1 is 1.69 bits per heavy atom. The van der Waals surface area contributed by atoms with E-state index in [-0.39, 0.29) is 11.9 Å². The van der Waals surface area contributed by atoms with E-state index in [1.807, 2.05) is 6.92 Å². The molecule has 13 heavy (non-hydrogen) atoms. The number of nitriles is 1. The van der Waals surface area contributed by atoms with Crippen molar-refractivity contribution in [2.45, 2.75) is 37.5 Å². The lowest BCUT2D eigenvalue weighted by Gasteiger charge is -2.15. The minimum Gasteiger partial charge on any atom is -0.395 e. The summed E-state index contributed by atoms with van der Waals surface area (Å²) in [7, 11) is 0. The summed E-state index contributed by atoms with van der Waals surface area (Å²) < 4.78 is 0. The van der Waals surface area contributed by atoms with Crippen LogP contribution in [0, 0.1) is 11.3 Å². The first-order valence-electron chi connectivity index (χ1n) is 4.44. The quantitative estimate of drug-likeness (QED) is 0.633. The molecular formula is C9H18N2OS. The molecule has 0 amide bonds. The maximum absolute atomic E-state index is 8.74. The number of nitrogens with two attached hydrogens (primary N) is 1. The predicted octanol–water partition coefficient (Wildman–Crippen LogP) is 1.12. The lowest BCUT2D eigenvalue weighted by molar-refractivity contribution is 0.300. The van der Waals surface area contributed by atoms with E-state index < -0.39 is 5.54 Å². The largest absolute Gasteiger partial charge is 0.395 e. The highest BCUT2D eigenvalue weighted by Gasteiger charge is 2.16. The summed E-state index contributed by atoms with van der Waals surface area (Å²) in [4.78, 5) is 0. The summed E-state index contributed by atoms with van der Waals surface area (Å²) in [5, 5.41) is 17.7. The van der Waals surface area contributed by atoms with Crippen LogP contribution in [0.2, 0.25) is 0 Å². The van der Waals surface area contributed by atoms with Crippen LogP contribution in [0.3, 0.4) is 0 Å². The summed E-state index contributed by atoms with van der Waals surface area (Å²) in [5.41, 5.74) is 4.95. The number of rotatable bonds is 6. The van der Waals surface area contributed by atoms with Crippen LogP contribution in [0.1, 0.15) is 26.7 Å². The normalized spacial score (nSPS) is 17.5. The molecule has 0 aromatic carbocycles. The average Bonchev–Trinajstić information content (AvgIpc) is 2.12. The first-order valence-corrected chi connectivity index (χ1v) is 5.49. The number of aliphatic hydroxyl groups excluding tert-OH is 1. The number of aliphatic hydroxyl groups is 1. The van der Waals surface area contributed by atoms with Gasteiger partial charge in [-0.1, -0.05) is 6.92 Å². The smallest absolute Gasteiger partial charge is 0.101 e. The van der Waals surface area contributed by atoms with E-state index in [2.05, 4.69) is 6.07 Å². The molecule has 0 aliphatic rings. The summed E-state index contributed by atoms with van der Waals surface area (Å²) in [6.45, 7) is 3.94. The Morgan fingerprint density at radius 2 is 2.31 bits per heavy atom. The third-order valence-corrected chi connectivity index (χ3v) is 3.00. The van der Waals surface area contributed by atoms with Crippen molar-refractivity contribution in [1.82, 2.24) is 0 Å². The highest BCUT2D eigenvalue weighted by molar-refractivity contribution is 7.99. The highest BCUT2D eigenvalue weighted by atomic mass is 32.2.